The van der Waals surface area contributed by atoms with E-state index >= 15 is 0 Å². The molecule has 0 amide bonds. The summed E-state index contributed by atoms with van der Waals surface area (Å²) in [4.78, 5) is 21.4. The third-order valence-electron chi connectivity index (χ3n) is 4.03. The number of allylic oxidation sites excluding steroid dienone is 3. The number of hydrogen-bond acceptors (Lipinski definition) is 6. The third kappa shape index (κ3) is 7.63. The van der Waals surface area contributed by atoms with Gasteiger partial charge in [0.25, 0.3) is 0 Å². The fraction of sp³-hybridized carbons (Fsp3) is 0.333. The number of carboxylic acid groups (broad SMARTS) is 1. The van der Waals surface area contributed by atoms with Crippen molar-refractivity contribution in [2.75, 3.05) is 13.2 Å². The molecule has 1 aliphatic rings. The van der Waals surface area contributed by atoms with Crippen LogP contribution in [0.5, 0.6) is 0 Å². The molecule has 0 aromatic heterocycles. The summed E-state index contributed by atoms with van der Waals surface area (Å²) in [6.07, 6.45) is 7.49. The van der Waals surface area contributed by atoms with Gasteiger partial charge in [0.1, 0.15) is 13.2 Å². The Morgan fingerprint density at radius 3 is 2.76 bits per heavy atom. The molecule has 156 valence electrons. The predicted octanol–water partition coefficient (Wildman–Crippen LogP) is 4.14. The molecule has 0 bridgehead atoms. The maximum absolute atomic E-state index is 11.1. The Balaban J connectivity index is 2.11. The van der Waals surface area contributed by atoms with Gasteiger partial charge in [0.15, 0.2) is 11.5 Å². The third-order valence-corrected chi connectivity index (χ3v) is 4.28. The van der Waals surface area contributed by atoms with Crippen LogP contribution in [0.25, 0.3) is 0 Å². The number of nitrogens with two attached hydrogens (primary N) is 1. The van der Waals surface area contributed by atoms with Gasteiger partial charge in [-0.2, -0.15) is 5.90 Å². The number of nitrogens with zero attached hydrogens (tertiary/aromatic N) is 1. The molecule has 0 spiro atoms. The molecule has 0 heterocycles. The van der Waals surface area contributed by atoms with Crippen LogP contribution in [0.1, 0.15) is 31.7 Å². The molecule has 2 rings (SSSR count). The lowest BCUT2D eigenvalue weighted by atomic mass is 10.1. The molecule has 3 N–H and O–H groups in total. The number of hydrogen-bond donors (Lipinski definition) is 2. The van der Waals surface area contributed by atoms with Crippen LogP contribution in [-0.2, 0) is 25.6 Å². The molecule has 0 unspecified atom stereocenters. The maximum atomic E-state index is 11.1. The SMILES string of the molecule is CCCO/N=C(COC1=CC(C(=O)O)=CCC1)/C(=C/Cc1ccc(Cl)cc1)ON. The smallest absolute Gasteiger partial charge is 0.335 e. The zero-order valence-electron chi connectivity index (χ0n) is 16.3. The summed E-state index contributed by atoms with van der Waals surface area (Å²) < 4.78 is 5.76. The van der Waals surface area contributed by atoms with Gasteiger partial charge in [0.2, 0.25) is 0 Å². The quantitative estimate of drug-likeness (QED) is 0.241. The van der Waals surface area contributed by atoms with Crippen LogP contribution in [0.4, 0.5) is 0 Å². The normalized spacial score (nSPS) is 14.7. The van der Waals surface area contributed by atoms with Crippen molar-refractivity contribution in [3.63, 3.8) is 0 Å². The van der Waals surface area contributed by atoms with Crippen molar-refractivity contribution in [2.45, 2.75) is 32.6 Å². The number of carboxylic acids is 1. The fourth-order valence-electron chi connectivity index (χ4n) is 2.52. The van der Waals surface area contributed by atoms with Crippen molar-refractivity contribution in [3.8, 4) is 0 Å². The van der Waals surface area contributed by atoms with Gasteiger partial charge in [-0.25, -0.2) is 4.79 Å². The Bertz CT molecular complexity index is 813. The molecular weight excluding hydrogens is 396 g/mol. The number of benzene rings is 1. The van der Waals surface area contributed by atoms with Crippen molar-refractivity contribution in [1.29, 1.82) is 0 Å². The Kier molecular flexibility index (Phi) is 9.27. The van der Waals surface area contributed by atoms with Crippen LogP contribution in [0.3, 0.4) is 0 Å². The average molecular weight is 421 g/mol. The summed E-state index contributed by atoms with van der Waals surface area (Å²) in [5, 5.41) is 13.9. The van der Waals surface area contributed by atoms with Crippen LogP contribution in [-0.4, -0.2) is 30.0 Å². The van der Waals surface area contributed by atoms with E-state index in [1.54, 1.807) is 24.3 Å². The first-order chi connectivity index (χ1) is 14.0. The van der Waals surface area contributed by atoms with Gasteiger partial charge in [-0.15, -0.1) is 0 Å². The summed E-state index contributed by atoms with van der Waals surface area (Å²) >= 11 is 5.91. The maximum Gasteiger partial charge on any atom is 0.335 e. The second kappa shape index (κ2) is 11.9. The first-order valence-corrected chi connectivity index (χ1v) is 9.68. The molecule has 1 aliphatic carbocycles. The molecule has 0 atom stereocenters. The molecule has 29 heavy (non-hydrogen) atoms. The fourth-order valence-corrected chi connectivity index (χ4v) is 2.65. The second-order valence-corrected chi connectivity index (χ2v) is 6.73. The monoisotopic (exact) mass is 420 g/mol. The highest BCUT2D eigenvalue weighted by atomic mass is 35.5. The largest absolute Gasteiger partial charge is 0.491 e. The van der Waals surface area contributed by atoms with Crippen molar-refractivity contribution < 1.29 is 24.3 Å². The van der Waals surface area contributed by atoms with Gasteiger partial charge in [-0.3, -0.25) is 0 Å². The molecule has 0 fully saturated rings. The minimum absolute atomic E-state index is 0.0338. The van der Waals surface area contributed by atoms with Crippen LogP contribution in [0.15, 0.2) is 64.7 Å². The standard InChI is InChI=1S/C21H25ClN2O5/c1-2-12-28-24-19(14-27-18-5-3-4-16(13-18)21(25)26)20(29-23)11-8-15-6-9-17(22)10-7-15/h4,6-7,9-11,13H,2-3,5,8,12,14,23H2,1H3,(H,25,26)/b20-11-,24-19+. The molecule has 7 nitrogen and oxygen atoms in total. The number of rotatable bonds is 11. The van der Waals surface area contributed by atoms with Gasteiger partial charge in [0.05, 0.1) is 11.3 Å². The number of oxime groups is 1. The minimum Gasteiger partial charge on any atom is -0.491 e. The van der Waals surface area contributed by atoms with Crippen molar-refractivity contribution in [3.05, 3.63) is 70.2 Å². The van der Waals surface area contributed by atoms with Gasteiger partial charge < -0.3 is 19.5 Å². The summed E-state index contributed by atoms with van der Waals surface area (Å²) in [5.41, 5.74) is 1.60. The highest BCUT2D eigenvalue weighted by Crippen LogP contribution is 2.19. The predicted molar refractivity (Wildman–Crippen MR) is 111 cm³/mol. The van der Waals surface area contributed by atoms with Crippen LogP contribution in [0, 0.1) is 0 Å². The zero-order valence-corrected chi connectivity index (χ0v) is 17.0. The van der Waals surface area contributed by atoms with Gasteiger partial charge >= 0.3 is 5.97 Å². The summed E-state index contributed by atoms with van der Waals surface area (Å²) in [6, 6.07) is 7.42. The van der Waals surface area contributed by atoms with E-state index in [0.717, 1.165) is 12.0 Å². The van der Waals surface area contributed by atoms with Gasteiger partial charge in [-0.1, -0.05) is 41.9 Å². The van der Waals surface area contributed by atoms with Crippen molar-refractivity contribution in [2.24, 2.45) is 11.1 Å². The summed E-state index contributed by atoms with van der Waals surface area (Å²) in [6.45, 7) is 2.44. The number of aliphatic carboxylic acids is 1. The highest BCUT2D eigenvalue weighted by molar-refractivity contribution is 6.30. The zero-order chi connectivity index (χ0) is 21.1. The first kappa shape index (κ1) is 22.5. The van der Waals surface area contributed by atoms with Gasteiger partial charge in [0, 0.05) is 11.4 Å². The lowest BCUT2D eigenvalue weighted by Crippen LogP contribution is -2.18. The van der Waals surface area contributed by atoms with E-state index in [1.807, 2.05) is 19.1 Å². The lowest BCUT2D eigenvalue weighted by molar-refractivity contribution is -0.132. The van der Waals surface area contributed by atoms with Crippen LogP contribution < -0.4 is 5.90 Å². The number of halogens is 1. The second-order valence-electron chi connectivity index (χ2n) is 6.29. The van der Waals surface area contributed by atoms with E-state index in [9.17, 15) is 4.79 Å². The van der Waals surface area contributed by atoms with Crippen molar-refractivity contribution in [1.82, 2.24) is 0 Å². The van der Waals surface area contributed by atoms with Crippen LogP contribution >= 0.6 is 11.6 Å². The number of carbonyl (C=O) groups is 1. The molecular formula is C21H25ClN2O5. The lowest BCUT2D eigenvalue weighted by Gasteiger charge is -2.15. The summed E-state index contributed by atoms with van der Waals surface area (Å²) in [7, 11) is 0. The van der Waals surface area contributed by atoms with Gasteiger partial charge in [-0.05, 0) is 49.1 Å². The Labute approximate surface area is 175 Å². The molecule has 1 aromatic rings. The molecule has 0 aliphatic heterocycles. The molecule has 8 heteroatoms. The molecule has 0 radical (unpaired) electrons. The minimum atomic E-state index is -0.986. The highest BCUT2D eigenvalue weighted by Gasteiger charge is 2.16. The summed E-state index contributed by atoms with van der Waals surface area (Å²) in [5.74, 6) is 5.35. The Morgan fingerprint density at radius 1 is 1.34 bits per heavy atom. The molecule has 0 saturated heterocycles. The molecule has 1 aromatic carbocycles. The van der Waals surface area contributed by atoms with E-state index in [0.29, 0.717) is 48.1 Å². The average Bonchev–Trinajstić information content (AvgIpc) is 2.73. The number of ether oxygens (including phenoxy) is 1. The first-order valence-electron chi connectivity index (χ1n) is 9.30. The van der Waals surface area contributed by atoms with E-state index in [1.165, 1.54) is 6.08 Å². The topological polar surface area (TPSA) is 103 Å². The molecule has 0 saturated carbocycles. The van der Waals surface area contributed by atoms with E-state index in [2.05, 4.69) is 5.16 Å². The van der Waals surface area contributed by atoms with E-state index < -0.39 is 5.97 Å². The van der Waals surface area contributed by atoms with Crippen molar-refractivity contribution >= 4 is 23.3 Å². The van der Waals surface area contributed by atoms with E-state index in [4.69, 9.17) is 37.0 Å². The Hall–Kier alpha value is -2.77. The van der Waals surface area contributed by atoms with E-state index in [-0.39, 0.29) is 12.2 Å². The van der Waals surface area contributed by atoms with Crippen LogP contribution in [0.2, 0.25) is 5.02 Å². The Morgan fingerprint density at radius 2 is 2.10 bits per heavy atom.